The summed E-state index contributed by atoms with van der Waals surface area (Å²) >= 11 is 1.70. The van der Waals surface area contributed by atoms with E-state index in [-0.39, 0.29) is 11.5 Å². The van der Waals surface area contributed by atoms with Gasteiger partial charge in [0, 0.05) is 24.5 Å². The molecule has 0 radical (unpaired) electrons. The molecule has 19 heavy (non-hydrogen) atoms. The van der Waals surface area contributed by atoms with Crippen LogP contribution in [0.3, 0.4) is 0 Å². The molecular formula is C12H13F3N2OS. The fourth-order valence-corrected chi connectivity index (χ4v) is 2.65. The predicted molar refractivity (Wildman–Crippen MR) is 67.1 cm³/mol. The van der Waals surface area contributed by atoms with Crippen molar-refractivity contribution in [2.24, 2.45) is 0 Å². The van der Waals surface area contributed by atoms with Crippen molar-refractivity contribution >= 4 is 17.7 Å². The van der Waals surface area contributed by atoms with Crippen molar-refractivity contribution in [3.05, 3.63) is 29.6 Å². The number of hydrogen-bond donors (Lipinski definition) is 0. The van der Waals surface area contributed by atoms with E-state index in [1.54, 1.807) is 16.7 Å². The molecule has 0 aromatic carbocycles. The third-order valence-corrected chi connectivity index (χ3v) is 4.12. The van der Waals surface area contributed by atoms with Crippen LogP contribution in [0, 0.1) is 0 Å². The third kappa shape index (κ3) is 3.20. The second-order valence-electron chi connectivity index (χ2n) is 4.33. The summed E-state index contributed by atoms with van der Waals surface area (Å²) in [5, 5.41) is 0.409. The Labute approximate surface area is 113 Å². The number of amides is 1. The van der Waals surface area contributed by atoms with Crippen LogP contribution in [-0.4, -0.2) is 40.4 Å². The number of likely N-dealkylation sites (tertiary alicyclic amines) is 1. The lowest BCUT2D eigenvalue weighted by Gasteiger charge is -2.16. The Morgan fingerprint density at radius 1 is 1.47 bits per heavy atom. The normalized spacial score (nSPS) is 19.8. The molecule has 1 amide bonds. The second kappa shape index (κ2) is 5.40. The van der Waals surface area contributed by atoms with Gasteiger partial charge in [-0.2, -0.15) is 24.9 Å². The molecule has 1 aliphatic heterocycles. The van der Waals surface area contributed by atoms with E-state index < -0.39 is 11.9 Å². The van der Waals surface area contributed by atoms with Gasteiger partial charge in [-0.3, -0.25) is 9.78 Å². The van der Waals surface area contributed by atoms with Crippen LogP contribution in [0.2, 0.25) is 0 Å². The monoisotopic (exact) mass is 290 g/mol. The number of carbonyl (C=O) groups excluding carboxylic acids is 1. The van der Waals surface area contributed by atoms with Crippen molar-refractivity contribution in [1.82, 2.24) is 9.88 Å². The van der Waals surface area contributed by atoms with Gasteiger partial charge < -0.3 is 4.90 Å². The molecule has 2 heterocycles. The maximum Gasteiger partial charge on any atom is 0.433 e. The molecule has 3 nitrogen and oxygen atoms in total. The first-order valence-corrected chi connectivity index (χ1v) is 7.06. The number of aromatic nitrogens is 1. The molecular weight excluding hydrogens is 277 g/mol. The summed E-state index contributed by atoms with van der Waals surface area (Å²) in [6.07, 6.45) is -0.573. The molecule has 0 spiro atoms. The Kier molecular flexibility index (Phi) is 4.03. The summed E-state index contributed by atoms with van der Waals surface area (Å²) in [6.45, 7) is 1.28. The molecule has 0 aliphatic carbocycles. The summed E-state index contributed by atoms with van der Waals surface area (Å²) in [5.41, 5.74) is -0.776. The molecule has 1 aromatic rings. The van der Waals surface area contributed by atoms with E-state index in [0.717, 1.165) is 18.7 Å². The van der Waals surface area contributed by atoms with Gasteiger partial charge >= 0.3 is 6.18 Å². The first-order valence-electron chi connectivity index (χ1n) is 5.77. The minimum absolute atomic E-state index is 0.203. The van der Waals surface area contributed by atoms with E-state index in [0.29, 0.717) is 18.3 Å². The summed E-state index contributed by atoms with van der Waals surface area (Å²) in [6, 6.07) is 2.03. The van der Waals surface area contributed by atoms with E-state index in [1.165, 1.54) is 6.07 Å². The van der Waals surface area contributed by atoms with Crippen molar-refractivity contribution in [3.8, 4) is 0 Å². The molecule has 2 rings (SSSR count). The van der Waals surface area contributed by atoms with E-state index >= 15 is 0 Å². The number of carbonyl (C=O) groups is 1. The molecule has 0 N–H and O–H groups in total. The Morgan fingerprint density at radius 2 is 2.21 bits per heavy atom. The van der Waals surface area contributed by atoms with Gasteiger partial charge in [-0.25, -0.2) is 0 Å². The lowest BCUT2D eigenvalue weighted by molar-refractivity contribution is -0.141. The SMILES string of the molecule is CSC1CCN(C(=O)c2ccc(C(F)(F)F)nc2)C1. The Balaban J connectivity index is 2.08. The molecule has 7 heteroatoms. The maximum atomic E-state index is 12.4. The lowest BCUT2D eigenvalue weighted by atomic mass is 10.2. The highest BCUT2D eigenvalue weighted by Gasteiger charge is 2.33. The number of thioether (sulfide) groups is 1. The van der Waals surface area contributed by atoms with Crippen LogP contribution in [0.4, 0.5) is 13.2 Å². The molecule has 1 aliphatic rings. The van der Waals surface area contributed by atoms with Crippen LogP contribution in [0.25, 0.3) is 0 Å². The fraction of sp³-hybridized carbons (Fsp3) is 0.500. The Hall–Kier alpha value is -1.24. The molecule has 1 fully saturated rings. The number of rotatable bonds is 2. The van der Waals surface area contributed by atoms with E-state index in [2.05, 4.69) is 4.98 Å². The van der Waals surface area contributed by atoms with Crippen LogP contribution >= 0.6 is 11.8 Å². The molecule has 1 atom stereocenters. The predicted octanol–water partition coefficient (Wildman–Crippen LogP) is 2.68. The van der Waals surface area contributed by atoms with Crippen molar-refractivity contribution in [2.45, 2.75) is 17.8 Å². The minimum atomic E-state index is -4.47. The second-order valence-corrected chi connectivity index (χ2v) is 5.47. The van der Waals surface area contributed by atoms with Gasteiger partial charge in [-0.1, -0.05) is 0 Å². The summed E-state index contributed by atoms with van der Waals surface area (Å²) < 4.78 is 37.1. The summed E-state index contributed by atoms with van der Waals surface area (Å²) in [5.74, 6) is -0.252. The quantitative estimate of drug-likeness (QED) is 0.839. The van der Waals surface area contributed by atoms with Crippen LogP contribution in [-0.2, 0) is 6.18 Å². The number of alkyl halides is 3. The molecule has 1 aromatic heterocycles. The fourth-order valence-electron chi connectivity index (χ4n) is 1.98. The highest BCUT2D eigenvalue weighted by molar-refractivity contribution is 7.99. The topological polar surface area (TPSA) is 33.2 Å². The standard InChI is InChI=1S/C12H13F3N2OS/c1-19-9-4-5-17(7-9)11(18)8-2-3-10(16-6-8)12(13,14)15/h2-3,6,9H,4-5,7H2,1H3. The molecule has 1 saturated heterocycles. The van der Waals surface area contributed by atoms with Crippen molar-refractivity contribution in [1.29, 1.82) is 0 Å². The number of halogens is 3. The van der Waals surface area contributed by atoms with Gasteiger partial charge in [0.05, 0.1) is 5.56 Å². The zero-order chi connectivity index (χ0) is 14.0. The number of hydrogen-bond acceptors (Lipinski definition) is 3. The average Bonchev–Trinajstić information content (AvgIpc) is 2.86. The smallest absolute Gasteiger partial charge is 0.337 e. The van der Waals surface area contributed by atoms with E-state index in [9.17, 15) is 18.0 Å². The van der Waals surface area contributed by atoms with Gasteiger partial charge in [0.1, 0.15) is 5.69 Å². The Morgan fingerprint density at radius 3 is 2.68 bits per heavy atom. The minimum Gasteiger partial charge on any atom is -0.337 e. The molecule has 104 valence electrons. The largest absolute Gasteiger partial charge is 0.433 e. The van der Waals surface area contributed by atoms with Gasteiger partial charge in [0.25, 0.3) is 5.91 Å². The zero-order valence-electron chi connectivity index (χ0n) is 10.3. The highest BCUT2D eigenvalue weighted by atomic mass is 32.2. The third-order valence-electron chi connectivity index (χ3n) is 3.07. The van der Waals surface area contributed by atoms with Crippen LogP contribution in [0.1, 0.15) is 22.5 Å². The molecule has 0 bridgehead atoms. The average molecular weight is 290 g/mol. The van der Waals surface area contributed by atoms with Gasteiger partial charge in [-0.05, 0) is 24.8 Å². The van der Waals surface area contributed by atoms with Crippen LogP contribution < -0.4 is 0 Å². The van der Waals surface area contributed by atoms with Gasteiger partial charge in [-0.15, -0.1) is 0 Å². The zero-order valence-corrected chi connectivity index (χ0v) is 11.1. The van der Waals surface area contributed by atoms with Crippen LogP contribution in [0.15, 0.2) is 18.3 Å². The molecule has 0 saturated carbocycles. The van der Waals surface area contributed by atoms with E-state index in [1.807, 2.05) is 6.26 Å². The lowest BCUT2D eigenvalue weighted by Crippen LogP contribution is -2.29. The van der Waals surface area contributed by atoms with Gasteiger partial charge in [0.2, 0.25) is 0 Å². The van der Waals surface area contributed by atoms with Crippen molar-refractivity contribution in [3.63, 3.8) is 0 Å². The first kappa shape index (κ1) is 14.2. The van der Waals surface area contributed by atoms with Crippen molar-refractivity contribution < 1.29 is 18.0 Å². The maximum absolute atomic E-state index is 12.4. The summed E-state index contributed by atoms with van der Waals surface area (Å²) in [4.78, 5) is 17.0. The van der Waals surface area contributed by atoms with Gasteiger partial charge in [0.15, 0.2) is 0 Å². The van der Waals surface area contributed by atoms with E-state index in [4.69, 9.17) is 0 Å². The Bertz CT molecular complexity index is 461. The first-order chi connectivity index (χ1) is 8.91. The highest BCUT2D eigenvalue weighted by Crippen LogP contribution is 2.27. The number of nitrogens with zero attached hydrogens (tertiary/aromatic N) is 2. The summed E-state index contributed by atoms with van der Waals surface area (Å²) in [7, 11) is 0. The van der Waals surface area contributed by atoms with Crippen LogP contribution in [0.5, 0.6) is 0 Å². The number of pyridine rings is 1. The van der Waals surface area contributed by atoms with Crippen molar-refractivity contribution in [2.75, 3.05) is 19.3 Å². The molecule has 1 unspecified atom stereocenters.